The first-order chi connectivity index (χ1) is 6.33. The van der Waals surface area contributed by atoms with Gasteiger partial charge in [0.05, 0.1) is 19.1 Å². The summed E-state index contributed by atoms with van der Waals surface area (Å²) in [6, 6.07) is 0. The number of rotatable bonds is 4. The number of nitrogens with one attached hydrogen (secondary N) is 1. The fraction of sp³-hybridized carbons (Fsp3) is 0.889. The number of carbonyl (C=O) groups is 1. The summed E-state index contributed by atoms with van der Waals surface area (Å²) in [6.07, 6.45) is 3.77. The van der Waals surface area contributed by atoms with Crippen LogP contribution in [0.3, 0.4) is 0 Å². The van der Waals surface area contributed by atoms with E-state index in [0.717, 1.165) is 25.9 Å². The maximum Gasteiger partial charge on any atom is 0.246 e. The van der Waals surface area contributed by atoms with Crippen LogP contribution >= 0.6 is 0 Å². The van der Waals surface area contributed by atoms with Crippen LogP contribution in [0.2, 0.25) is 0 Å². The number of amides is 1. The van der Waals surface area contributed by atoms with E-state index >= 15 is 0 Å². The molecule has 13 heavy (non-hydrogen) atoms. The molecule has 1 aliphatic heterocycles. The zero-order chi connectivity index (χ0) is 9.52. The summed E-state index contributed by atoms with van der Waals surface area (Å²) < 4.78 is 5.41. The predicted molar refractivity (Wildman–Crippen MR) is 48.0 cm³/mol. The Kier molecular flexibility index (Phi) is 4.78. The van der Waals surface area contributed by atoms with Gasteiger partial charge in [-0.3, -0.25) is 9.63 Å². The molecule has 1 saturated heterocycles. The molecule has 4 heteroatoms. The highest BCUT2D eigenvalue weighted by atomic mass is 16.6. The van der Waals surface area contributed by atoms with Crippen LogP contribution in [0.15, 0.2) is 0 Å². The van der Waals surface area contributed by atoms with E-state index in [2.05, 4.69) is 5.48 Å². The molecular formula is C9H17NO3. The maximum absolute atomic E-state index is 11.2. The highest BCUT2D eigenvalue weighted by Gasteiger charge is 2.17. The smallest absolute Gasteiger partial charge is 0.246 e. The first-order valence-corrected chi connectivity index (χ1v) is 4.85. The van der Waals surface area contributed by atoms with Gasteiger partial charge in [0.25, 0.3) is 0 Å². The van der Waals surface area contributed by atoms with Crippen LogP contribution < -0.4 is 5.48 Å². The summed E-state index contributed by atoms with van der Waals surface area (Å²) >= 11 is 0. The Hall–Kier alpha value is -0.610. The van der Waals surface area contributed by atoms with Gasteiger partial charge < -0.3 is 4.74 Å². The molecule has 0 radical (unpaired) electrons. The topological polar surface area (TPSA) is 47.6 Å². The van der Waals surface area contributed by atoms with Crippen molar-refractivity contribution in [3.63, 3.8) is 0 Å². The Labute approximate surface area is 78.5 Å². The Bertz CT molecular complexity index is 155. The number of ether oxygens (including phenoxy) is 1. The fourth-order valence-corrected chi connectivity index (χ4v) is 1.37. The lowest BCUT2D eigenvalue weighted by molar-refractivity contribution is -0.136. The minimum atomic E-state index is -0.0891. The molecule has 1 rings (SSSR count). The lowest BCUT2D eigenvalue weighted by Gasteiger charge is -2.21. The maximum atomic E-state index is 11.2. The molecule has 1 N–H and O–H groups in total. The molecule has 1 unspecified atom stereocenters. The van der Waals surface area contributed by atoms with Gasteiger partial charge in [0.1, 0.15) is 0 Å². The molecule has 4 nitrogen and oxygen atoms in total. The molecule has 1 fully saturated rings. The number of hydroxylamine groups is 1. The normalized spacial score (nSPS) is 22.7. The van der Waals surface area contributed by atoms with Crippen LogP contribution in [-0.2, 0) is 14.4 Å². The molecule has 0 spiro atoms. The molecule has 1 heterocycles. The van der Waals surface area contributed by atoms with E-state index in [1.807, 2.05) is 6.92 Å². The summed E-state index contributed by atoms with van der Waals surface area (Å²) in [6.45, 7) is 3.11. The Morgan fingerprint density at radius 1 is 1.62 bits per heavy atom. The molecule has 0 aromatic heterocycles. The van der Waals surface area contributed by atoms with Crippen LogP contribution in [0.4, 0.5) is 0 Å². The standard InChI is InChI=1S/C9H17NO3/c1-2-13-10-9(11)7-8-5-3-4-6-12-8/h8H,2-7H2,1H3,(H,10,11). The van der Waals surface area contributed by atoms with Gasteiger partial charge in [0.2, 0.25) is 5.91 Å². The van der Waals surface area contributed by atoms with Crippen molar-refractivity contribution in [3.8, 4) is 0 Å². The molecule has 0 bridgehead atoms. The van der Waals surface area contributed by atoms with Gasteiger partial charge in [-0.15, -0.1) is 0 Å². The van der Waals surface area contributed by atoms with Crippen molar-refractivity contribution in [2.24, 2.45) is 0 Å². The van der Waals surface area contributed by atoms with Gasteiger partial charge in [-0.2, -0.15) is 0 Å². The second-order valence-electron chi connectivity index (χ2n) is 3.15. The van der Waals surface area contributed by atoms with E-state index in [9.17, 15) is 4.79 Å². The van der Waals surface area contributed by atoms with Crippen molar-refractivity contribution in [1.82, 2.24) is 5.48 Å². The number of hydrogen-bond donors (Lipinski definition) is 1. The van der Waals surface area contributed by atoms with E-state index in [1.165, 1.54) is 0 Å². The molecule has 1 atom stereocenters. The number of hydrogen-bond acceptors (Lipinski definition) is 3. The summed E-state index contributed by atoms with van der Waals surface area (Å²) in [5.74, 6) is -0.0891. The lowest BCUT2D eigenvalue weighted by atomic mass is 10.1. The first kappa shape index (κ1) is 10.5. The summed E-state index contributed by atoms with van der Waals surface area (Å²) in [4.78, 5) is 15.9. The third kappa shape index (κ3) is 4.24. The average Bonchev–Trinajstić information content (AvgIpc) is 2.16. The molecule has 0 aromatic rings. The average molecular weight is 187 g/mol. The molecule has 1 aliphatic rings. The van der Waals surface area contributed by atoms with E-state index in [4.69, 9.17) is 9.57 Å². The van der Waals surface area contributed by atoms with E-state index in [1.54, 1.807) is 0 Å². The quantitative estimate of drug-likeness (QED) is 0.668. The fourth-order valence-electron chi connectivity index (χ4n) is 1.37. The van der Waals surface area contributed by atoms with Crippen LogP contribution in [0.1, 0.15) is 32.6 Å². The van der Waals surface area contributed by atoms with E-state index < -0.39 is 0 Å². The third-order valence-electron chi connectivity index (χ3n) is 2.02. The largest absolute Gasteiger partial charge is 0.378 e. The van der Waals surface area contributed by atoms with Gasteiger partial charge >= 0.3 is 0 Å². The van der Waals surface area contributed by atoms with Gasteiger partial charge in [0.15, 0.2) is 0 Å². The van der Waals surface area contributed by atoms with Crippen LogP contribution in [0.5, 0.6) is 0 Å². The highest BCUT2D eigenvalue weighted by Crippen LogP contribution is 2.15. The van der Waals surface area contributed by atoms with Crippen LogP contribution in [0.25, 0.3) is 0 Å². The van der Waals surface area contributed by atoms with Crippen LogP contribution in [0, 0.1) is 0 Å². The molecule has 0 aromatic carbocycles. The molecule has 0 aliphatic carbocycles. The zero-order valence-corrected chi connectivity index (χ0v) is 8.04. The lowest BCUT2D eigenvalue weighted by Crippen LogP contribution is -2.30. The van der Waals surface area contributed by atoms with Gasteiger partial charge in [0, 0.05) is 6.61 Å². The van der Waals surface area contributed by atoms with Crippen molar-refractivity contribution in [1.29, 1.82) is 0 Å². The van der Waals surface area contributed by atoms with Gasteiger partial charge in [-0.1, -0.05) is 0 Å². The SMILES string of the molecule is CCONC(=O)CC1CCCCO1. The minimum absolute atomic E-state index is 0.0891. The Morgan fingerprint density at radius 2 is 2.46 bits per heavy atom. The predicted octanol–water partition coefficient (Wildman–Crippen LogP) is 1.01. The summed E-state index contributed by atoms with van der Waals surface area (Å²) in [5, 5.41) is 0. The second-order valence-corrected chi connectivity index (χ2v) is 3.15. The van der Waals surface area contributed by atoms with Crippen molar-refractivity contribution >= 4 is 5.91 Å². The second kappa shape index (κ2) is 5.94. The zero-order valence-electron chi connectivity index (χ0n) is 8.04. The van der Waals surface area contributed by atoms with Crippen molar-refractivity contribution in [2.75, 3.05) is 13.2 Å². The summed E-state index contributed by atoms with van der Waals surface area (Å²) in [7, 11) is 0. The van der Waals surface area contributed by atoms with Gasteiger partial charge in [-0.05, 0) is 26.2 Å². The van der Waals surface area contributed by atoms with Crippen molar-refractivity contribution in [3.05, 3.63) is 0 Å². The van der Waals surface area contributed by atoms with Gasteiger partial charge in [-0.25, -0.2) is 5.48 Å². The molecule has 1 amide bonds. The molecule has 76 valence electrons. The van der Waals surface area contributed by atoms with Crippen LogP contribution in [-0.4, -0.2) is 25.2 Å². The van der Waals surface area contributed by atoms with E-state index in [0.29, 0.717) is 13.0 Å². The number of carbonyl (C=O) groups excluding carboxylic acids is 1. The highest BCUT2D eigenvalue weighted by molar-refractivity contribution is 5.75. The monoisotopic (exact) mass is 187 g/mol. The van der Waals surface area contributed by atoms with Crippen molar-refractivity contribution in [2.45, 2.75) is 38.7 Å². The Morgan fingerprint density at radius 3 is 3.08 bits per heavy atom. The molecule has 0 saturated carbocycles. The minimum Gasteiger partial charge on any atom is -0.378 e. The summed E-state index contributed by atoms with van der Waals surface area (Å²) in [5.41, 5.74) is 2.36. The Balaban J connectivity index is 2.11. The third-order valence-corrected chi connectivity index (χ3v) is 2.02. The molecular weight excluding hydrogens is 170 g/mol. The first-order valence-electron chi connectivity index (χ1n) is 4.85. The van der Waals surface area contributed by atoms with Crippen molar-refractivity contribution < 1.29 is 14.4 Å². The van der Waals surface area contributed by atoms with E-state index in [-0.39, 0.29) is 12.0 Å².